The summed E-state index contributed by atoms with van der Waals surface area (Å²) in [6.07, 6.45) is 4.73. The van der Waals surface area contributed by atoms with Gasteiger partial charge in [0.05, 0.1) is 11.8 Å². The number of ether oxygens (including phenoxy) is 2. The largest absolute Gasteiger partial charge is 0.445 e. The van der Waals surface area contributed by atoms with Crippen molar-refractivity contribution >= 4 is 14.2 Å². The standard InChI is InChI=1S/C24H37N3O4Si/c1-24(29,22-16-25-27(17-22)19-30-14-15-32(2,3)4)21-10-12-26(13-11-21)23(28)31-18-20-8-6-5-7-9-20/h5-9,16-17,21,29H,10-15,18-19H2,1-4H3. The maximum Gasteiger partial charge on any atom is 0.410 e. The Morgan fingerprint density at radius 3 is 2.56 bits per heavy atom. The molecular weight excluding hydrogens is 422 g/mol. The van der Waals surface area contributed by atoms with Gasteiger partial charge in [-0.15, -0.1) is 0 Å². The van der Waals surface area contributed by atoms with Gasteiger partial charge in [-0.3, -0.25) is 0 Å². The Morgan fingerprint density at radius 1 is 1.22 bits per heavy atom. The molecule has 8 heteroatoms. The Morgan fingerprint density at radius 2 is 1.91 bits per heavy atom. The highest BCUT2D eigenvalue weighted by molar-refractivity contribution is 6.76. The molecule has 1 aliphatic heterocycles. The van der Waals surface area contributed by atoms with Crippen molar-refractivity contribution in [3.8, 4) is 0 Å². The van der Waals surface area contributed by atoms with Crippen molar-refractivity contribution in [2.75, 3.05) is 19.7 Å². The zero-order valence-electron chi connectivity index (χ0n) is 19.8. The van der Waals surface area contributed by atoms with E-state index in [9.17, 15) is 9.90 Å². The molecule has 7 nitrogen and oxygen atoms in total. The van der Waals surface area contributed by atoms with Gasteiger partial charge >= 0.3 is 6.09 Å². The monoisotopic (exact) mass is 459 g/mol. The molecule has 1 atom stereocenters. The molecule has 3 rings (SSSR count). The second-order valence-electron chi connectivity index (χ2n) is 10.1. The number of benzene rings is 1. The van der Waals surface area contributed by atoms with Crippen LogP contribution >= 0.6 is 0 Å². The molecule has 2 aromatic rings. The van der Waals surface area contributed by atoms with Gasteiger partial charge in [0.1, 0.15) is 13.3 Å². The number of rotatable bonds is 9. The van der Waals surface area contributed by atoms with E-state index in [1.807, 2.05) is 43.5 Å². The summed E-state index contributed by atoms with van der Waals surface area (Å²) >= 11 is 0. The van der Waals surface area contributed by atoms with E-state index in [4.69, 9.17) is 9.47 Å². The fraction of sp³-hybridized carbons (Fsp3) is 0.583. The van der Waals surface area contributed by atoms with Crippen LogP contribution in [0.25, 0.3) is 0 Å². The molecule has 1 amide bonds. The predicted molar refractivity (Wildman–Crippen MR) is 127 cm³/mol. The molecule has 1 N–H and O–H groups in total. The molecule has 1 unspecified atom stereocenters. The van der Waals surface area contributed by atoms with Crippen molar-refractivity contribution in [3.05, 3.63) is 53.9 Å². The van der Waals surface area contributed by atoms with Crippen LogP contribution in [0.5, 0.6) is 0 Å². The van der Waals surface area contributed by atoms with Crippen molar-refractivity contribution in [2.24, 2.45) is 5.92 Å². The van der Waals surface area contributed by atoms with Crippen LogP contribution in [0, 0.1) is 5.92 Å². The van der Waals surface area contributed by atoms with Crippen molar-refractivity contribution in [3.63, 3.8) is 0 Å². The third-order valence-electron chi connectivity index (χ3n) is 6.19. The van der Waals surface area contributed by atoms with Gasteiger partial charge in [-0.05, 0) is 37.3 Å². The summed E-state index contributed by atoms with van der Waals surface area (Å²) in [6.45, 7) is 11.4. The lowest BCUT2D eigenvalue weighted by atomic mass is 9.78. The molecular formula is C24H37N3O4Si. The normalized spacial score (nSPS) is 17.2. The molecule has 1 aliphatic rings. The summed E-state index contributed by atoms with van der Waals surface area (Å²) in [5.41, 5.74) is 0.757. The van der Waals surface area contributed by atoms with Gasteiger partial charge in [0, 0.05) is 39.5 Å². The lowest BCUT2D eigenvalue weighted by Crippen LogP contribution is -2.44. The quantitative estimate of drug-likeness (QED) is 0.443. The number of hydrogen-bond donors (Lipinski definition) is 1. The number of hydrogen-bond acceptors (Lipinski definition) is 5. The van der Waals surface area contributed by atoms with E-state index in [0.717, 1.165) is 23.8 Å². The second kappa shape index (κ2) is 10.6. The first-order valence-electron chi connectivity index (χ1n) is 11.4. The number of aliphatic hydroxyl groups is 1. The highest BCUT2D eigenvalue weighted by Crippen LogP contribution is 2.36. The minimum absolute atomic E-state index is 0.0473. The maximum atomic E-state index is 12.4. The van der Waals surface area contributed by atoms with Crippen molar-refractivity contribution < 1.29 is 19.4 Å². The van der Waals surface area contributed by atoms with E-state index >= 15 is 0 Å². The van der Waals surface area contributed by atoms with Gasteiger partial charge < -0.3 is 19.5 Å². The van der Waals surface area contributed by atoms with Crippen molar-refractivity contribution in [1.29, 1.82) is 0 Å². The fourth-order valence-electron chi connectivity index (χ4n) is 3.90. The van der Waals surface area contributed by atoms with E-state index in [0.29, 0.717) is 32.7 Å². The molecule has 1 aromatic heterocycles. The molecule has 176 valence electrons. The summed E-state index contributed by atoms with van der Waals surface area (Å²) < 4.78 is 12.9. The lowest BCUT2D eigenvalue weighted by molar-refractivity contribution is -0.0330. The van der Waals surface area contributed by atoms with Crippen molar-refractivity contribution in [2.45, 2.75) is 64.4 Å². The smallest absolute Gasteiger partial charge is 0.410 e. The van der Waals surface area contributed by atoms with E-state index in [2.05, 4.69) is 24.7 Å². The number of carbonyl (C=O) groups excluding carboxylic acids is 1. The average Bonchev–Trinajstić information content (AvgIpc) is 3.25. The van der Waals surface area contributed by atoms with Crippen LogP contribution in [-0.4, -0.2) is 53.7 Å². The molecule has 1 saturated heterocycles. The zero-order chi connectivity index (χ0) is 23.2. The topological polar surface area (TPSA) is 76.8 Å². The number of carbonyl (C=O) groups is 1. The van der Waals surface area contributed by atoms with Gasteiger partial charge in [0.25, 0.3) is 0 Å². The highest BCUT2D eigenvalue weighted by Gasteiger charge is 2.38. The Balaban J connectivity index is 1.46. The summed E-state index contributed by atoms with van der Waals surface area (Å²) in [5, 5.41) is 15.6. The Hall–Kier alpha value is -2.16. The Labute approximate surface area is 192 Å². The number of likely N-dealkylation sites (tertiary alicyclic amines) is 1. The first-order valence-corrected chi connectivity index (χ1v) is 15.1. The summed E-state index contributed by atoms with van der Waals surface area (Å²) in [4.78, 5) is 14.1. The first kappa shape index (κ1) is 24.5. The molecule has 1 aromatic carbocycles. The van der Waals surface area contributed by atoms with Crippen LogP contribution in [-0.2, 0) is 28.4 Å². The Bertz CT molecular complexity index is 856. The first-order chi connectivity index (χ1) is 15.1. The van der Waals surface area contributed by atoms with Crippen LogP contribution in [0.4, 0.5) is 4.79 Å². The molecule has 0 saturated carbocycles. The van der Waals surface area contributed by atoms with Crippen molar-refractivity contribution in [1.82, 2.24) is 14.7 Å². The highest BCUT2D eigenvalue weighted by atomic mass is 28.3. The number of aromatic nitrogens is 2. The minimum Gasteiger partial charge on any atom is -0.445 e. The number of piperidine rings is 1. The lowest BCUT2D eigenvalue weighted by Gasteiger charge is -2.38. The second-order valence-corrected chi connectivity index (χ2v) is 15.7. The van der Waals surface area contributed by atoms with Gasteiger partial charge in [-0.2, -0.15) is 5.10 Å². The summed E-state index contributed by atoms with van der Waals surface area (Å²) in [7, 11) is -1.11. The van der Waals surface area contributed by atoms with E-state index in [1.54, 1.807) is 15.8 Å². The van der Waals surface area contributed by atoms with Gasteiger partial charge in [-0.25, -0.2) is 9.48 Å². The predicted octanol–water partition coefficient (Wildman–Crippen LogP) is 4.45. The molecule has 0 spiro atoms. The molecule has 0 aliphatic carbocycles. The van der Waals surface area contributed by atoms with Crippen LogP contribution in [0.2, 0.25) is 25.7 Å². The van der Waals surface area contributed by atoms with Gasteiger partial charge in [0.2, 0.25) is 0 Å². The van der Waals surface area contributed by atoms with Crippen LogP contribution < -0.4 is 0 Å². The van der Waals surface area contributed by atoms with Crippen LogP contribution in [0.3, 0.4) is 0 Å². The molecule has 0 radical (unpaired) electrons. The maximum absolute atomic E-state index is 12.4. The molecule has 1 fully saturated rings. The third kappa shape index (κ3) is 6.92. The average molecular weight is 460 g/mol. The van der Waals surface area contributed by atoms with Gasteiger partial charge in [0.15, 0.2) is 0 Å². The third-order valence-corrected chi connectivity index (χ3v) is 7.90. The molecule has 32 heavy (non-hydrogen) atoms. The Kier molecular flexibility index (Phi) is 8.14. The minimum atomic E-state index is -1.11. The number of nitrogens with zero attached hydrogens (tertiary/aromatic N) is 3. The fourth-order valence-corrected chi connectivity index (χ4v) is 4.66. The molecule has 2 heterocycles. The van der Waals surface area contributed by atoms with Crippen LogP contribution in [0.15, 0.2) is 42.7 Å². The molecule has 0 bridgehead atoms. The van der Waals surface area contributed by atoms with E-state index in [-0.39, 0.29) is 18.6 Å². The summed E-state index contributed by atoms with van der Waals surface area (Å²) in [6, 6.07) is 10.8. The zero-order valence-corrected chi connectivity index (χ0v) is 20.8. The van der Waals surface area contributed by atoms with E-state index in [1.165, 1.54) is 0 Å². The number of amides is 1. The van der Waals surface area contributed by atoms with Gasteiger partial charge in [-0.1, -0.05) is 50.0 Å². The SMILES string of the molecule is CC(O)(c1cnn(COCC[Si](C)(C)C)c1)C1CCN(C(=O)OCc2ccccc2)CC1. The van der Waals surface area contributed by atoms with E-state index < -0.39 is 13.7 Å². The summed E-state index contributed by atoms with van der Waals surface area (Å²) in [5.74, 6) is 0.0473. The van der Waals surface area contributed by atoms with Crippen LogP contribution in [0.1, 0.15) is 30.9 Å².